The van der Waals surface area contributed by atoms with E-state index in [-0.39, 0.29) is 24.7 Å². The van der Waals surface area contributed by atoms with Crippen molar-refractivity contribution >= 4 is 11.6 Å². The van der Waals surface area contributed by atoms with Crippen molar-refractivity contribution in [3.05, 3.63) is 30.1 Å². The van der Waals surface area contributed by atoms with E-state index in [2.05, 4.69) is 10.4 Å². The molecular weight excluding hydrogens is 388 g/mol. The molecule has 0 radical (unpaired) electrons. The molecule has 164 valence electrons. The van der Waals surface area contributed by atoms with Crippen LogP contribution in [0.3, 0.4) is 0 Å². The molecule has 1 N–H and O–H groups in total. The first-order chi connectivity index (χ1) is 14.4. The zero-order chi connectivity index (χ0) is 21.7. The smallest absolute Gasteiger partial charge is 0.244 e. The topological polar surface area (TPSA) is 87.1 Å². The molecule has 1 aliphatic heterocycles. The highest BCUT2D eigenvalue weighted by atomic mass is 16.5. The number of hydrogen-bond acceptors (Lipinski definition) is 7. The van der Waals surface area contributed by atoms with Gasteiger partial charge in [-0.1, -0.05) is 0 Å². The summed E-state index contributed by atoms with van der Waals surface area (Å²) in [6.07, 6.45) is 3.61. The Morgan fingerprint density at radius 2 is 1.83 bits per heavy atom. The van der Waals surface area contributed by atoms with Crippen molar-refractivity contribution in [2.45, 2.75) is 39.1 Å². The van der Waals surface area contributed by atoms with Crippen LogP contribution in [0.25, 0.3) is 0 Å². The molecule has 30 heavy (non-hydrogen) atoms. The molecule has 1 saturated heterocycles. The van der Waals surface area contributed by atoms with Gasteiger partial charge in [0.2, 0.25) is 11.7 Å². The van der Waals surface area contributed by atoms with Crippen molar-refractivity contribution < 1.29 is 23.7 Å². The average molecular weight is 418 g/mol. The quantitative estimate of drug-likeness (QED) is 0.703. The normalized spacial score (nSPS) is 18.8. The van der Waals surface area contributed by atoms with E-state index in [4.69, 9.17) is 18.9 Å². The van der Waals surface area contributed by atoms with Crippen molar-refractivity contribution in [2.24, 2.45) is 0 Å². The molecule has 1 amide bonds. The van der Waals surface area contributed by atoms with Crippen LogP contribution >= 0.6 is 0 Å². The summed E-state index contributed by atoms with van der Waals surface area (Å²) in [5.74, 6) is 1.81. The highest BCUT2D eigenvalue weighted by Gasteiger charge is 2.26. The Balaban J connectivity index is 1.62. The fourth-order valence-corrected chi connectivity index (χ4v) is 3.66. The molecule has 0 spiro atoms. The third-order valence-electron chi connectivity index (χ3n) is 4.97. The van der Waals surface area contributed by atoms with Crippen LogP contribution in [0.1, 0.15) is 19.4 Å². The highest BCUT2D eigenvalue weighted by molar-refractivity contribution is 5.76. The zero-order valence-corrected chi connectivity index (χ0v) is 18.2. The Kier molecular flexibility index (Phi) is 7.04. The number of methoxy groups -OCH3 is 3. The van der Waals surface area contributed by atoms with Crippen LogP contribution in [-0.4, -0.2) is 67.2 Å². The van der Waals surface area contributed by atoms with Crippen LogP contribution in [-0.2, 0) is 22.6 Å². The minimum Gasteiger partial charge on any atom is -0.493 e. The number of amides is 1. The Hall–Kier alpha value is -2.94. The number of anilines is 1. The van der Waals surface area contributed by atoms with E-state index in [0.29, 0.717) is 36.9 Å². The van der Waals surface area contributed by atoms with Gasteiger partial charge in [-0.05, 0) is 26.0 Å². The van der Waals surface area contributed by atoms with E-state index in [1.54, 1.807) is 32.2 Å². The van der Waals surface area contributed by atoms with Gasteiger partial charge in [-0.15, -0.1) is 0 Å². The van der Waals surface area contributed by atoms with Gasteiger partial charge in [0.25, 0.3) is 0 Å². The van der Waals surface area contributed by atoms with Crippen LogP contribution < -0.4 is 19.5 Å². The molecule has 0 bridgehead atoms. The SMILES string of the molecule is COc1ccc(CNc2cnn(CC(=O)N3C[C@H](C)O[C@@H](C)C3)c2)c(OC)c1OC. The first-order valence-electron chi connectivity index (χ1n) is 9.92. The predicted octanol–water partition coefficient (Wildman–Crippen LogP) is 2.16. The number of carbonyl (C=O) groups excluding carboxylic acids is 1. The molecular formula is C21H30N4O5. The number of rotatable bonds is 8. The molecule has 0 aliphatic carbocycles. The largest absolute Gasteiger partial charge is 0.493 e. The monoisotopic (exact) mass is 418 g/mol. The molecule has 2 heterocycles. The molecule has 1 aliphatic rings. The van der Waals surface area contributed by atoms with Crippen molar-refractivity contribution in [2.75, 3.05) is 39.7 Å². The Morgan fingerprint density at radius 3 is 2.47 bits per heavy atom. The van der Waals surface area contributed by atoms with Crippen molar-refractivity contribution in [3.8, 4) is 17.2 Å². The molecule has 0 unspecified atom stereocenters. The molecule has 1 aromatic heterocycles. The summed E-state index contributed by atoms with van der Waals surface area (Å²) in [5.41, 5.74) is 1.72. The minimum atomic E-state index is 0.0354. The lowest BCUT2D eigenvalue weighted by molar-refractivity contribution is -0.144. The fraction of sp³-hybridized carbons (Fsp3) is 0.524. The maximum atomic E-state index is 12.6. The lowest BCUT2D eigenvalue weighted by Crippen LogP contribution is -2.49. The van der Waals surface area contributed by atoms with Crippen LogP contribution in [0, 0.1) is 0 Å². The number of nitrogens with one attached hydrogen (secondary N) is 1. The van der Waals surface area contributed by atoms with E-state index in [1.165, 1.54) is 0 Å². The summed E-state index contributed by atoms with van der Waals surface area (Å²) in [6.45, 7) is 5.87. The van der Waals surface area contributed by atoms with Gasteiger partial charge in [0.05, 0.1) is 45.4 Å². The van der Waals surface area contributed by atoms with Gasteiger partial charge in [0, 0.05) is 31.4 Å². The zero-order valence-electron chi connectivity index (χ0n) is 18.2. The number of ether oxygens (including phenoxy) is 4. The van der Waals surface area contributed by atoms with E-state index in [9.17, 15) is 4.79 Å². The first-order valence-corrected chi connectivity index (χ1v) is 9.92. The van der Waals surface area contributed by atoms with Gasteiger partial charge in [-0.25, -0.2) is 0 Å². The van der Waals surface area contributed by atoms with Crippen molar-refractivity contribution in [1.29, 1.82) is 0 Å². The molecule has 2 aromatic rings. The number of morpholine rings is 1. The molecule has 9 nitrogen and oxygen atoms in total. The molecule has 2 atom stereocenters. The number of aromatic nitrogens is 2. The number of carbonyl (C=O) groups is 1. The fourth-order valence-electron chi connectivity index (χ4n) is 3.66. The molecule has 9 heteroatoms. The average Bonchev–Trinajstić information content (AvgIpc) is 3.17. The Labute approximate surface area is 176 Å². The van der Waals surface area contributed by atoms with E-state index in [0.717, 1.165) is 11.3 Å². The lowest BCUT2D eigenvalue weighted by atomic mass is 10.1. The number of hydrogen-bond donors (Lipinski definition) is 1. The highest BCUT2D eigenvalue weighted by Crippen LogP contribution is 2.39. The maximum Gasteiger partial charge on any atom is 0.244 e. The maximum absolute atomic E-state index is 12.6. The summed E-state index contributed by atoms with van der Waals surface area (Å²) in [7, 11) is 4.76. The first kappa shape index (κ1) is 21.8. The van der Waals surface area contributed by atoms with Crippen molar-refractivity contribution in [3.63, 3.8) is 0 Å². The van der Waals surface area contributed by atoms with Gasteiger partial charge < -0.3 is 29.2 Å². The Bertz CT molecular complexity index is 859. The standard InChI is InChI=1S/C21H30N4O5/c1-14-10-24(11-15(2)30-14)19(26)13-25-12-17(9-23-25)22-8-16-6-7-18(27-3)21(29-5)20(16)28-4/h6-7,9,12,14-15,22H,8,10-11,13H2,1-5H3/t14-,15-/m0/s1. The second-order valence-electron chi connectivity index (χ2n) is 7.33. The van der Waals surface area contributed by atoms with Crippen LogP contribution in [0.15, 0.2) is 24.5 Å². The van der Waals surface area contributed by atoms with E-state index >= 15 is 0 Å². The van der Waals surface area contributed by atoms with Crippen LogP contribution in [0.4, 0.5) is 5.69 Å². The van der Waals surface area contributed by atoms with E-state index in [1.807, 2.05) is 37.1 Å². The summed E-state index contributed by atoms with van der Waals surface area (Å²) in [5, 5.41) is 7.61. The summed E-state index contributed by atoms with van der Waals surface area (Å²) >= 11 is 0. The van der Waals surface area contributed by atoms with Gasteiger partial charge in [-0.3, -0.25) is 9.48 Å². The molecule has 0 saturated carbocycles. The van der Waals surface area contributed by atoms with Crippen molar-refractivity contribution in [1.82, 2.24) is 14.7 Å². The minimum absolute atomic E-state index is 0.0354. The number of nitrogens with zero attached hydrogens (tertiary/aromatic N) is 3. The summed E-state index contributed by atoms with van der Waals surface area (Å²) in [6, 6.07) is 3.76. The second kappa shape index (κ2) is 9.71. The molecule has 3 rings (SSSR count). The van der Waals surface area contributed by atoms with E-state index < -0.39 is 0 Å². The van der Waals surface area contributed by atoms with Gasteiger partial charge in [0.15, 0.2) is 11.5 Å². The number of benzene rings is 1. The third-order valence-corrected chi connectivity index (χ3v) is 4.97. The summed E-state index contributed by atoms with van der Waals surface area (Å²) in [4.78, 5) is 14.4. The Morgan fingerprint density at radius 1 is 1.13 bits per heavy atom. The molecule has 1 aromatic carbocycles. The second-order valence-corrected chi connectivity index (χ2v) is 7.33. The van der Waals surface area contributed by atoms with Crippen LogP contribution in [0.5, 0.6) is 17.2 Å². The van der Waals surface area contributed by atoms with Gasteiger partial charge >= 0.3 is 0 Å². The molecule has 1 fully saturated rings. The van der Waals surface area contributed by atoms with Gasteiger partial charge in [-0.2, -0.15) is 5.10 Å². The van der Waals surface area contributed by atoms with Crippen LogP contribution in [0.2, 0.25) is 0 Å². The third kappa shape index (κ3) is 4.96. The summed E-state index contributed by atoms with van der Waals surface area (Å²) < 4.78 is 23.6. The lowest BCUT2D eigenvalue weighted by Gasteiger charge is -2.35. The predicted molar refractivity (Wildman–Crippen MR) is 112 cm³/mol. The van der Waals surface area contributed by atoms with Gasteiger partial charge in [0.1, 0.15) is 6.54 Å².